The summed E-state index contributed by atoms with van der Waals surface area (Å²) in [4.78, 5) is 16.6. The number of aryl methyl sites for hydroxylation is 1. The molecule has 2 atom stereocenters. The van der Waals surface area contributed by atoms with Gasteiger partial charge in [-0.25, -0.2) is 5.43 Å². The number of hydrogen-bond donors (Lipinski definition) is 1. The van der Waals surface area contributed by atoms with Gasteiger partial charge in [0.1, 0.15) is 0 Å². The first-order chi connectivity index (χ1) is 13.3. The zero-order valence-electron chi connectivity index (χ0n) is 16.5. The summed E-state index contributed by atoms with van der Waals surface area (Å²) in [6, 6.07) is 7.21. The molecule has 2 bridgehead atoms. The van der Waals surface area contributed by atoms with E-state index < -0.39 is 0 Å². The van der Waals surface area contributed by atoms with Gasteiger partial charge >= 0.3 is 0 Å². The molecule has 1 aromatic heterocycles. The fraction of sp³-hybridized carbons (Fsp3) is 0.524. The van der Waals surface area contributed by atoms with Gasteiger partial charge in [-0.2, -0.15) is 10.1 Å². The number of aromatic nitrogens is 2. The zero-order valence-corrected chi connectivity index (χ0v) is 17.2. The van der Waals surface area contributed by atoms with Crippen molar-refractivity contribution >= 4 is 23.2 Å². The molecule has 2 fully saturated rings. The van der Waals surface area contributed by atoms with E-state index in [1.807, 2.05) is 12.1 Å². The van der Waals surface area contributed by atoms with Crippen molar-refractivity contribution < 1.29 is 9.32 Å². The standard InChI is InChI=1S/C21H25ClN4O2/c1-20(2)14-10-11-21(20,3)16(12-14)24-25-17(27)8-9-18-23-19(26-28-18)13-4-6-15(22)7-5-13/h4-7,14H,8-12H2,1-3H3,(H,25,27)/b24-16+/t14-,21+/m0/s1. The molecule has 0 unspecified atom stereocenters. The summed E-state index contributed by atoms with van der Waals surface area (Å²) in [6.07, 6.45) is 4.02. The molecule has 4 rings (SSSR count). The number of hydrazone groups is 1. The third kappa shape index (κ3) is 3.24. The number of carbonyl (C=O) groups excluding carboxylic acids is 1. The third-order valence-corrected chi connectivity index (χ3v) is 7.22. The Balaban J connectivity index is 1.33. The summed E-state index contributed by atoms with van der Waals surface area (Å²) < 4.78 is 5.25. The molecule has 0 aliphatic heterocycles. The fourth-order valence-corrected chi connectivity index (χ4v) is 4.70. The lowest BCUT2D eigenvalue weighted by molar-refractivity contribution is -0.121. The number of carbonyl (C=O) groups is 1. The van der Waals surface area contributed by atoms with E-state index in [1.54, 1.807) is 12.1 Å². The van der Waals surface area contributed by atoms with Crippen molar-refractivity contribution in [1.82, 2.24) is 15.6 Å². The average molecular weight is 401 g/mol. The minimum absolute atomic E-state index is 0.0882. The van der Waals surface area contributed by atoms with Gasteiger partial charge in [-0.05, 0) is 54.9 Å². The van der Waals surface area contributed by atoms with Crippen molar-refractivity contribution in [2.75, 3.05) is 0 Å². The quantitative estimate of drug-likeness (QED) is 0.741. The van der Waals surface area contributed by atoms with Crippen molar-refractivity contribution in [2.45, 2.75) is 52.9 Å². The number of nitrogens with zero attached hydrogens (tertiary/aromatic N) is 3. The summed E-state index contributed by atoms with van der Waals surface area (Å²) in [5, 5.41) is 9.10. The number of amides is 1. The Morgan fingerprint density at radius 2 is 2.07 bits per heavy atom. The molecular weight excluding hydrogens is 376 g/mol. The van der Waals surface area contributed by atoms with E-state index in [9.17, 15) is 4.79 Å². The summed E-state index contributed by atoms with van der Waals surface area (Å²) in [5.74, 6) is 1.45. The van der Waals surface area contributed by atoms with E-state index in [0.29, 0.717) is 29.1 Å². The molecule has 1 heterocycles. The maximum Gasteiger partial charge on any atom is 0.240 e. The molecule has 1 aromatic carbocycles. The van der Waals surface area contributed by atoms with E-state index in [2.05, 4.69) is 41.4 Å². The van der Waals surface area contributed by atoms with Crippen LogP contribution in [0.1, 0.15) is 52.3 Å². The van der Waals surface area contributed by atoms with Crippen LogP contribution in [0.25, 0.3) is 11.4 Å². The van der Waals surface area contributed by atoms with Crippen LogP contribution in [-0.4, -0.2) is 21.8 Å². The minimum Gasteiger partial charge on any atom is -0.339 e. The molecule has 28 heavy (non-hydrogen) atoms. The van der Waals surface area contributed by atoms with Crippen LogP contribution in [0, 0.1) is 16.7 Å². The lowest BCUT2D eigenvalue weighted by Gasteiger charge is -2.34. The molecule has 2 aromatic rings. The van der Waals surface area contributed by atoms with Crippen LogP contribution in [0.4, 0.5) is 0 Å². The summed E-state index contributed by atoms with van der Waals surface area (Å²) in [6.45, 7) is 6.92. The van der Waals surface area contributed by atoms with Crippen LogP contribution in [0.15, 0.2) is 33.9 Å². The van der Waals surface area contributed by atoms with E-state index in [4.69, 9.17) is 16.1 Å². The Morgan fingerprint density at radius 1 is 1.32 bits per heavy atom. The average Bonchev–Trinajstić information content (AvgIpc) is 3.28. The molecule has 0 spiro atoms. The molecule has 6 nitrogen and oxygen atoms in total. The highest BCUT2D eigenvalue weighted by Gasteiger charge is 2.59. The van der Waals surface area contributed by atoms with E-state index in [0.717, 1.165) is 24.1 Å². The predicted molar refractivity (Wildman–Crippen MR) is 108 cm³/mol. The Labute approximate surface area is 169 Å². The largest absolute Gasteiger partial charge is 0.339 e. The highest BCUT2D eigenvalue weighted by Crippen LogP contribution is 2.63. The predicted octanol–water partition coefficient (Wildman–Crippen LogP) is 4.64. The van der Waals surface area contributed by atoms with E-state index in [-0.39, 0.29) is 23.2 Å². The third-order valence-electron chi connectivity index (χ3n) is 6.96. The highest BCUT2D eigenvalue weighted by atomic mass is 35.5. The van der Waals surface area contributed by atoms with Gasteiger partial charge in [-0.1, -0.05) is 37.5 Å². The second-order valence-electron chi connectivity index (χ2n) is 8.61. The SMILES string of the molecule is CC1(C)[C@H]2CC[C@]1(C)/C(=N/NC(=O)CCc1nc(-c3ccc(Cl)cc3)no1)C2. The van der Waals surface area contributed by atoms with Gasteiger partial charge in [0, 0.05) is 34.6 Å². The van der Waals surface area contributed by atoms with Crippen LogP contribution >= 0.6 is 11.6 Å². The van der Waals surface area contributed by atoms with Crippen LogP contribution in [0.5, 0.6) is 0 Å². The van der Waals surface area contributed by atoms with Crippen LogP contribution in [0.3, 0.4) is 0 Å². The summed E-state index contributed by atoms with van der Waals surface area (Å²) in [5.41, 5.74) is 5.02. The number of halogens is 1. The lowest BCUT2D eigenvalue weighted by atomic mass is 9.70. The number of fused-ring (bicyclic) bond motifs is 2. The van der Waals surface area contributed by atoms with Gasteiger partial charge in [0.2, 0.25) is 17.6 Å². The van der Waals surface area contributed by atoms with Crippen molar-refractivity contribution in [2.24, 2.45) is 21.8 Å². The molecule has 148 valence electrons. The maximum absolute atomic E-state index is 12.2. The second kappa shape index (κ2) is 6.99. The van der Waals surface area contributed by atoms with Crippen LogP contribution in [-0.2, 0) is 11.2 Å². The first-order valence-corrected chi connectivity index (χ1v) is 10.1. The van der Waals surface area contributed by atoms with Gasteiger partial charge in [0.25, 0.3) is 0 Å². The maximum atomic E-state index is 12.2. The monoisotopic (exact) mass is 400 g/mol. The van der Waals surface area contributed by atoms with Crippen molar-refractivity contribution in [3.05, 3.63) is 35.2 Å². The highest BCUT2D eigenvalue weighted by molar-refractivity contribution is 6.30. The Hall–Kier alpha value is -2.21. The molecular formula is C21H25ClN4O2. The molecule has 2 aliphatic rings. The topological polar surface area (TPSA) is 80.4 Å². The van der Waals surface area contributed by atoms with Gasteiger partial charge in [0.15, 0.2) is 0 Å². The smallest absolute Gasteiger partial charge is 0.240 e. The molecule has 1 amide bonds. The second-order valence-corrected chi connectivity index (χ2v) is 9.04. The molecule has 7 heteroatoms. The van der Waals surface area contributed by atoms with Crippen LogP contribution < -0.4 is 5.43 Å². The molecule has 1 N–H and O–H groups in total. The van der Waals surface area contributed by atoms with Crippen molar-refractivity contribution in [1.29, 1.82) is 0 Å². The zero-order chi connectivity index (χ0) is 19.9. The Kier molecular flexibility index (Phi) is 4.78. The van der Waals surface area contributed by atoms with Gasteiger partial charge < -0.3 is 4.52 Å². The van der Waals surface area contributed by atoms with Gasteiger partial charge in [-0.15, -0.1) is 0 Å². The van der Waals surface area contributed by atoms with Gasteiger partial charge in [-0.3, -0.25) is 4.79 Å². The van der Waals surface area contributed by atoms with E-state index >= 15 is 0 Å². The first kappa shape index (κ1) is 19.1. The molecule has 2 saturated carbocycles. The normalized spacial score (nSPS) is 26.7. The number of hydrogen-bond acceptors (Lipinski definition) is 5. The molecule has 0 radical (unpaired) electrons. The van der Waals surface area contributed by atoms with Gasteiger partial charge in [0.05, 0.1) is 0 Å². The lowest BCUT2D eigenvalue weighted by Crippen LogP contribution is -2.34. The number of rotatable bonds is 5. The van der Waals surface area contributed by atoms with Crippen molar-refractivity contribution in [3.63, 3.8) is 0 Å². The first-order valence-electron chi connectivity index (χ1n) is 9.74. The Bertz CT molecular complexity index is 919. The number of nitrogens with one attached hydrogen (secondary N) is 1. The summed E-state index contributed by atoms with van der Waals surface area (Å²) in [7, 11) is 0. The van der Waals surface area contributed by atoms with Crippen molar-refractivity contribution in [3.8, 4) is 11.4 Å². The van der Waals surface area contributed by atoms with Crippen LogP contribution in [0.2, 0.25) is 5.02 Å². The number of benzene rings is 1. The Morgan fingerprint density at radius 3 is 2.71 bits per heavy atom. The summed E-state index contributed by atoms with van der Waals surface area (Å²) >= 11 is 5.89. The minimum atomic E-state index is -0.136. The van der Waals surface area contributed by atoms with E-state index in [1.165, 1.54) is 6.42 Å². The molecule has 0 saturated heterocycles. The molecule has 2 aliphatic carbocycles. The fourth-order valence-electron chi connectivity index (χ4n) is 4.58.